The highest BCUT2D eigenvalue weighted by Crippen LogP contribution is 2.07. The number of primary amides is 1. The van der Waals surface area contributed by atoms with E-state index in [4.69, 9.17) is 5.73 Å². The molecule has 0 saturated carbocycles. The minimum Gasteiger partial charge on any atom is -0.368 e. The minimum atomic E-state index is -0.576. The van der Waals surface area contributed by atoms with Crippen LogP contribution in [0.4, 0.5) is 0 Å². The first-order valence-corrected chi connectivity index (χ1v) is 4.41. The first kappa shape index (κ1) is 9.98. The number of nitrogens with two attached hydrogens (primary N) is 1. The van der Waals surface area contributed by atoms with Crippen molar-refractivity contribution in [2.75, 3.05) is 13.1 Å². The van der Waals surface area contributed by atoms with E-state index in [0.29, 0.717) is 6.54 Å². The maximum absolute atomic E-state index is 11.4. The summed E-state index contributed by atoms with van der Waals surface area (Å²) >= 11 is 0. The van der Waals surface area contributed by atoms with E-state index >= 15 is 0 Å². The van der Waals surface area contributed by atoms with Gasteiger partial charge in [0.2, 0.25) is 11.8 Å². The SMILES string of the molecule is C[C@H](NC(=O)[C@H]1CCNC1)C(N)=O. The molecule has 1 heterocycles. The third kappa shape index (κ3) is 2.69. The predicted molar refractivity (Wildman–Crippen MR) is 47.8 cm³/mol. The summed E-state index contributed by atoms with van der Waals surface area (Å²) in [4.78, 5) is 22.0. The standard InChI is InChI=1S/C8H15N3O2/c1-5(7(9)12)11-8(13)6-2-3-10-4-6/h5-6,10H,2-4H2,1H3,(H2,9,12)(H,11,13)/t5-,6-/m0/s1. The molecule has 0 bridgehead atoms. The Bertz CT molecular complexity index is 211. The fourth-order valence-corrected chi connectivity index (χ4v) is 1.28. The molecule has 0 aliphatic carbocycles. The van der Waals surface area contributed by atoms with E-state index in [-0.39, 0.29) is 11.8 Å². The summed E-state index contributed by atoms with van der Waals surface area (Å²) in [6, 6.07) is -0.576. The van der Waals surface area contributed by atoms with Crippen LogP contribution in [0.5, 0.6) is 0 Å². The van der Waals surface area contributed by atoms with Crippen LogP contribution < -0.4 is 16.4 Å². The van der Waals surface area contributed by atoms with Gasteiger partial charge in [-0.1, -0.05) is 0 Å². The Kier molecular flexibility index (Phi) is 3.25. The number of carbonyl (C=O) groups excluding carboxylic acids is 2. The van der Waals surface area contributed by atoms with E-state index in [1.54, 1.807) is 6.92 Å². The highest BCUT2D eigenvalue weighted by atomic mass is 16.2. The zero-order valence-electron chi connectivity index (χ0n) is 7.67. The summed E-state index contributed by atoms with van der Waals surface area (Å²) in [7, 11) is 0. The Morgan fingerprint density at radius 1 is 1.62 bits per heavy atom. The fourth-order valence-electron chi connectivity index (χ4n) is 1.28. The van der Waals surface area contributed by atoms with Crippen LogP contribution in [-0.2, 0) is 9.59 Å². The monoisotopic (exact) mass is 185 g/mol. The van der Waals surface area contributed by atoms with E-state index in [0.717, 1.165) is 13.0 Å². The molecule has 5 nitrogen and oxygen atoms in total. The lowest BCUT2D eigenvalue weighted by atomic mass is 10.1. The quantitative estimate of drug-likeness (QED) is 0.505. The van der Waals surface area contributed by atoms with Gasteiger partial charge in [-0.25, -0.2) is 0 Å². The number of hydrogen-bond acceptors (Lipinski definition) is 3. The number of nitrogens with one attached hydrogen (secondary N) is 2. The van der Waals surface area contributed by atoms with Crippen molar-refractivity contribution in [2.24, 2.45) is 11.7 Å². The molecule has 0 aromatic heterocycles. The third-order valence-electron chi connectivity index (χ3n) is 2.22. The van der Waals surface area contributed by atoms with E-state index in [2.05, 4.69) is 10.6 Å². The summed E-state index contributed by atoms with van der Waals surface area (Å²) in [5.41, 5.74) is 5.01. The van der Waals surface area contributed by atoms with Gasteiger partial charge in [-0.05, 0) is 19.9 Å². The van der Waals surface area contributed by atoms with E-state index in [1.165, 1.54) is 0 Å². The smallest absolute Gasteiger partial charge is 0.239 e. The molecule has 0 unspecified atom stereocenters. The Hall–Kier alpha value is -1.10. The average Bonchev–Trinajstić information content (AvgIpc) is 2.55. The Balaban J connectivity index is 2.35. The van der Waals surface area contributed by atoms with Crippen molar-refractivity contribution in [3.63, 3.8) is 0 Å². The van der Waals surface area contributed by atoms with Gasteiger partial charge in [-0.3, -0.25) is 9.59 Å². The molecule has 2 amide bonds. The molecule has 1 aliphatic rings. The van der Waals surface area contributed by atoms with Gasteiger partial charge in [0, 0.05) is 6.54 Å². The van der Waals surface area contributed by atoms with Crippen LogP contribution >= 0.6 is 0 Å². The molecule has 1 rings (SSSR count). The molecule has 5 heteroatoms. The lowest BCUT2D eigenvalue weighted by Gasteiger charge is -2.13. The van der Waals surface area contributed by atoms with E-state index < -0.39 is 11.9 Å². The van der Waals surface area contributed by atoms with Gasteiger partial charge in [-0.2, -0.15) is 0 Å². The molecule has 1 saturated heterocycles. The summed E-state index contributed by atoms with van der Waals surface area (Å²) in [6.45, 7) is 3.14. The van der Waals surface area contributed by atoms with Crippen molar-refractivity contribution in [3.8, 4) is 0 Å². The number of hydrogen-bond donors (Lipinski definition) is 3. The molecular weight excluding hydrogens is 170 g/mol. The maximum Gasteiger partial charge on any atom is 0.239 e. The predicted octanol–water partition coefficient (Wildman–Crippen LogP) is -1.41. The van der Waals surface area contributed by atoms with Gasteiger partial charge >= 0.3 is 0 Å². The molecule has 4 N–H and O–H groups in total. The van der Waals surface area contributed by atoms with Gasteiger partial charge in [0.1, 0.15) is 6.04 Å². The summed E-state index contributed by atoms with van der Waals surface area (Å²) in [5.74, 6) is -0.600. The second kappa shape index (κ2) is 4.23. The highest BCUT2D eigenvalue weighted by Gasteiger charge is 2.24. The van der Waals surface area contributed by atoms with Crippen molar-refractivity contribution >= 4 is 11.8 Å². The second-order valence-corrected chi connectivity index (χ2v) is 3.32. The third-order valence-corrected chi connectivity index (χ3v) is 2.22. The van der Waals surface area contributed by atoms with Crippen molar-refractivity contribution < 1.29 is 9.59 Å². The molecule has 2 atom stereocenters. The molecule has 1 fully saturated rings. The van der Waals surface area contributed by atoms with Crippen LogP contribution in [0.25, 0.3) is 0 Å². The fraction of sp³-hybridized carbons (Fsp3) is 0.750. The summed E-state index contributed by atoms with van der Waals surface area (Å²) in [5, 5.41) is 5.65. The molecule has 13 heavy (non-hydrogen) atoms. The topological polar surface area (TPSA) is 84.2 Å². The normalized spacial score (nSPS) is 23.9. The Labute approximate surface area is 77.1 Å². The van der Waals surface area contributed by atoms with Crippen LogP contribution in [0.3, 0.4) is 0 Å². The van der Waals surface area contributed by atoms with Gasteiger partial charge in [0.15, 0.2) is 0 Å². The average molecular weight is 185 g/mol. The number of rotatable bonds is 3. The second-order valence-electron chi connectivity index (χ2n) is 3.32. The van der Waals surface area contributed by atoms with Crippen molar-refractivity contribution in [1.29, 1.82) is 0 Å². The maximum atomic E-state index is 11.4. The number of carbonyl (C=O) groups is 2. The van der Waals surface area contributed by atoms with Crippen LogP contribution in [0.2, 0.25) is 0 Å². The summed E-state index contributed by atoms with van der Waals surface area (Å²) in [6.07, 6.45) is 0.831. The van der Waals surface area contributed by atoms with Crippen LogP contribution in [0.15, 0.2) is 0 Å². The van der Waals surface area contributed by atoms with Gasteiger partial charge in [0.25, 0.3) is 0 Å². The molecular formula is C8H15N3O2. The molecule has 0 spiro atoms. The van der Waals surface area contributed by atoms with Crippen molar-refractivity contribution in [1.82, 2.24) is 10.6 Å². The lowest BCUT2D eigenvalue weighted by Crippen LogP contribution is -2.45. The molecule has 1 aliphatic heterocycles. The minimum absolute atomic E-state index is 0.0122. The van der Waals surface area contributed by atoms with Crippen LogP contribution in [0, 0.1) is 5.92 Å². The van der Waals surface area contributed by atoms with Gasteiger partial charge < -0.3 is 16.4 Å². The molecule has 0 aromatic carbocycles. The Morgan fingerprint density at radius 3 is 2.77 bits per heavy atom. The first-order chi connectivity index (χ1) is 6.11. The van der Waals surface area contributed by atoms with E-state index in [9.17, 15) is 9.59 Å². The van der Waals surface area contributed by atoms with Gasteiger partial charge in [0.05, 0.1) is 5.92 Å². The molecule has 0 aromatic rings. The van der Waals surface area contributed by atoms with Crippen LogP contribution in [0.1, 0.15) is 13.3 Å². The van der Waals surface area contributed by atoms with Crippen molar-refractivity contribution in [2.45, 2.75) is 19.4 Å². The largest absolute Gasteiger partial charge is 0.368 e. The van der Waals surface area contributed by atoms with Crippen LogP contribution in [-0.4, -0.2) is 30.9 Å². The zero-order chi connectivity index (χ0) is 9.84. The summed E-state index contributed by atoms with van der Waals surface area (Å²) < 4.78 is 0. The highest BCUT2D eigenvalue weighted by molar-refractivity contribution is 5.87. The van der Waals surface area contributed by atoms with Gasteiger partial charge in [-0.15, -0.1) is 0 Å². The van der Waals surface area contributed by atoms with Crippen molar-refractivity contribution in [3.05, 3.63) is 0 Å². The zero-order valence-corrected chi connectivity index (χ0v) is 7.67. The number of amides is 2. The molecule has 0 radical (unpaired) electrons. The molecule has 74 valence electrons. The van der Waals surface area contributed by atoms with E-state index in [1.807, 2.05) is 0 Å². The lowest BCUT2D eigenvalue weighted by molar-refractivity contribution is -0.129. The first-order valence-electron chi connectivity index (χ1n) is 4.41. The Morgan fingerprint density at radius 2 is 2.31 bits per heavy atom.